The van der Waals surface area contributed by atoms with Crippen LogP contribution in [0.15, 0.2) is 34.8 Å². The van der Waals surface area contributed by atoms with Crippen molar-refractivity contribution < 1.29 is 14.3 Å². The van der Waals surface area contributed by atoms with E-state index < -0.39 is 12.1 Å². The number of thiophene rings is 1. The number of hydrogen-bond acceptors (Lipinski definition) is 4. The fourth-order valence-electron chi connectivity index (χ4n) is 2.88. The van der Waals surface area contributed by atoms with Gasteiger partial charge in [0.15, 0.2) is 6.10 Å². The monoisotopic (exact) mass is 421 g/mol. The van der Waals surface area contributed by atoms with Crippen molar-refractivity contribution in [2.75, 3.05) is 5.32 Å². The van der Waals surface area contributed by atoms with E-state index in [-0.39, 0.29) is 5.91 Å². The molecule has 1 aliphatic carbocycles. The maximum Gasteiger partial charge on any atom is 0.349 e. The number of amides is 1. The van der Waals surface area contributed by atoms with Crippen LogP contribution in [0.3, 0.4) is 0 Å². The number of rotatable bonds is 5. The molecule has 0 radical (unpaired) electrons. The predicted molar refractivity (Wildman–Crippen MR) is 103 cm³/mol. The average Bonchev–Trinajstić information content (AvgIpc) is 3.05. The van der Waals surface area contributed by atoms with Gasteiger partial charge in [-0.05, 0) is 71.8 Å². The molecule has 0 aliphatic heterocycles. The molecule has 132 valence electrons. The number of carbonyl (C=O) groups excluding carboxylic acids is 2. The highest BCUT2D eigenvalue weighted by Crippen LogP contribution is 2.30. The summed E-state index contributed by atoms with van der Waals surface area (Å²) in [4.78, 5) is 26.8. The molecule has 25 heavy (non-hydrogen) atoms. The normalized spacial score (nSPS) is 14.5. The van der Waals surface area contributed by atoms with Gasteiger partial charge in [-0.3, -0.25) is 4.79 Å². The maximum absolute atomic E-state index is 12.5. The minimum Gasteiger partial charge on any atom is -0.448 e. The fourth-order valence-corrected chi connectivity index (χ4v) is 4.40. The first-order chi connectivity index (χ1) is 12.1. The minimum atomic E-state index is -0.807. The summed E-state index contributed by atoms with van der Waals surface area (Å²) in [6, 6.07) is 9.28. The molecular weight excluding hydrogens is 402 g/mol. The topological polar surface area (TPSA) is 55.4 Å². The third kappa shape index (κ3) is 4.30. The molecule has 0 saturated heterocycles. The lowest BCUT2D eigenvalue weighted by molar-refractivity contribution is -0.124. The molecule has 1 amide bonds. The van der Waals surface area contributed by atoms with Crippen LogP contribution < -0.4 is 5.32 Å². The predicted octanol–water partition coefficient (Wildman–Crippen LogP) is 4.96. The van der Waals surface area contributed by atoms with E-state index in [1.807, 2.05) is 31.2 Å². The Morgan fingerprint density at radius 2 is 2.04 bits per heavy atom. The molecule has 1 atom stereocenters. The Morgan fingerprint density at radius 3 is 2.76 bits per heavy atom. The van der Waals surface area contributed by atoms with E-state index in [1.165, 1.54) is 34.6 Å². The SMILES string of the molecule is CCC(OC(=O)c1cc2c(s1)CCCC2)C(=O)Nc1ccccc1Br. The molecule has 3 rings (SSSR count). The van der Waals surface area contributed by atoms with Crippen LogP contribution in [0.1, 0.15) is 46.3 Å². The van der Waals surface area contributed by atoms with E-state index in [4.69, 9.17) is 4.74 Å². The van der Waals surface area contributed by atoms with Crippen molar-refractivity contribution in [1.82, 2.24) is 0 Å². The van der Waals surface area contributed by atoms with E-state index in [2.05, 4.69) is 21.2 Å². The fraction of sp³-hybridized carbons (Fsp3) is 0.368. The second-order valence-electron chi connectivity index (χ2n) is 6.04. The van der Waals surface area contributed by atoms with Gasteiger partial charge in [0.2, 0.25) is 0 Å². The molecule has 0 spiro atoms. The summed E-state index contributed by atoms with van der Waals surface area (Å²) in [6.45, 7) is 1.83. The van der Waals surface area contributed by atoms with Crippen molar-refractivity contribution in [3.63, 3.8) is 0 Å². The molecule has 1 N–H and O–H groups in total. The summed E-state index contributed by atoms with van der Waals surface area (Å²) in [5.41, 5.74) is 1.92. The van der Waals surface area contributed by atoms with E-state index in [1.54, 1.807) is 6.07 Å². The number of halogens is 1. The zero-order valence-corrected chi connectivity index (χ0v) is 16.4. The first-order valence-electron chi connectivity index (χ1n) is 8.46. The summed E-state index contributed by atoms with van der Waals surface area (Å²) in [6.07, 6.45) is 4.02. The van der Waals surface area contributed by atoms with Crippen LogP contribution in [0.2, 0.25) is 0 Å². The zero-order valence-electron chi connectivity index (χ0n) is 14.0. The Bertz CT molecular complexity index is 763. The van der Waals surface area contributed by atoms with Gasteiger partial charge in [-0.1, -0.05) is 19.1 Å². The Hall–Kier alpha value is -1.66. The van der Waals surface area contributed by atoms with E-state index >= 15 is 0 Å². The molecule has 2 aromatic rings. The van der Waals surface area contributed by atoms with Crippen LogP contribution in [0.5, 0.6) is 0 Å². The van der Waals surface area contributed by atoms with Crippen molar-refractivity contribution in [2.45, 2.75) is 45.1 Å². The summed E-state index contributed by atoms with van der Waals surface area (Å²) in [7, 11) is 0. The van der Waals surface area contributed by atoms with Crippen molar-refractivity contribution in [1.29, 1.82) is 0 Å². The summed E-state index contributed by atoms with van der Waals surface area (Å²) < 4.78 is 6.27. The second-order valence-corrected chi connectivity index (χ2v) is 8.03. The molecule has 0 fully saturated rings. The first-order valence-corrected chi connectivity index (χ1v) is 10.1. The molecule has 0 bridgehead atoms. The molecule has 1 aliphatic rings. The Balaban J connectivity index is 1.66. The van der Waals surface area contributed by atoms with Gasteiger partial charge in [0, 0.05) is 9.35 Å². The smallest absolute Gasteiger partial charge is 0.349 e. The van der Waals surface area contributed by atoms with Gasteiger partial charge < -0.3 is 10.1 Å². The summed E-state index contributed by atoms with van der Waals surface area (Å²) in [5.74, 6) is -0.724. The number of hydrogen-bond donors (Lipinski definition) is 1. The summed E-state index contributed by atoms with van der Waals surface area (Å²) >= 11 is 4.90. The number of benzene rings is 1. The number of ether oxygens (including phenoxy) is 1. The highest BCUT2D eigenvalue weighted by atomic mass is 79.9. The number of anilines is 1. The highest BCUT2D eigenvalue weighted by Gasteiger charge is 2.25. The van der Waals surface area contributed by atoms with E-state index in [0.717, 1.165) is 17.3 Å². The largest absolute Gasteiger partial charge is 0.448 e. The molecule has 0 saturated carbocycles. The van der Waals surface area contributed by atoms with Crippen LogP contribution in [0.25, 0.3) is 0 Å². The van der Waals surface area contributed by atoms with Gasteiger partial charge in [-0.25, -0.2) is 4.79 Å². The number of esters is 1. The van der Waals surface area contributed by atoms with Crippen molar-refractivity contribution in [3.8, 4) is 0 Å². The van der Waals surface area contributed by atoms with Gasteiger partial charge in [-0.2, -0.15) is 0 Å². The third-order valence-electron chi connectivity index (χ3n) is 4.24. The number of aryl methyl sites for hydroxylation is 2. The molecule has 1 aromatic heterocycles. The number of carbonyl (C=O) groups is 2. The molecular formula is C19H20BrNO3S. The van der Waals surface area contributed by atoms with Crippen molar-refractivity contribution in [3.05, 3.63) is 50.1 Å². The number of nitrogens with one attached hydrogen (secondary N) is 1. The van der Waals surface area contributed by atoms with Gasteiger partial charge in [0.05, 0.1) is 5.69 Å². The van der Waals surface area contributed by atoms with Crippen LogP contribution >= 0.6 is 27.3 Å². The van der Waals surface area contributed by atoms with Crippen LogP contribution in [0, 0.1) is 0 Å². The van der Waals surface area contributed by atoms with Gasteiger partial charge in [0.25, 0.3) is 5.91 Å². The molecule has 1 unspecified atom stereocenters. The van der Waals surface area contributed by atoms with Crippen LogP contribution in [-0.2, 0) is 22.4 Å². The quantitative estimate of drug-likeness (QED) is 0.693. The number of fused-ring (bicyclic) bond motifs is 1. The van der Waals surface area contributed by atoms with E-state index in [9.17, 15) is 9.59 Å². The maximum atomic E-state index is 12.5. The number of para-hydroxylation sites is 1. The molecule has 4 nitrogen and oxygen atoms in total. The van der Waals surface area contributed by atoms with Gasteiger partial charge in [-0.15, -0.1) is 11.3 Å². The lowest BCUT2D eigenvalue weighted by Gasteiger charge is -2.16. The first kappa shape index (κ1) is 18.1. The minimum absolute atomic E-state index is 0.316. The molecule has 6 heteroatoms. The summed E-state index contributed by atoms with van der Waals surface area (Å²) in [5, 5.41) is 2.81. The standard InChI is InChI=1S/C19H20BrNO3S/c1-2-15(18(22)21-14-9-5-4-8-13(14)20)24-19(23)17-11-12-7-3-6-10-16(12)25-17/h4-5,8-9,11,15H,2-3,6-7,10H2,1H3,(H,21,22). The van der Waals surface area contributed by atoms with Crippen molar-refractivity contribution in [2.24, 2.45) is 0 Å². The van der Waals surface area contributed by atoms with Crippen LogP contribution in [-0.4, -0.2) is 18.0 Å². The van der Waals surface area contributed by atoms with Crippen LogP contribution in [0.4, 0.5) is 5.69 Å². The van der Waals surface area contributed by atoms with Gasteiger partial charge >= 0.3 is 5.97 Å². The second kappa shape index (κ2) is 8.15. The van der Waals surface area contributed by atoms with E-state index in [0.29, 0.717) is 17.0 Å². The van der Waals surface area contributed by atoms with Crippen molar-refractivity contribution >= 4 is 44.8 Å². The Kier molecular flexibility index (Phi) is 5.91. The molecule has 1 aromatic carbocycles. The zero-order chi connectivity index (χ0) is 17.8. The highest BCUT2D eigenvalue weighted by molar-refractivity contribution is 9.10. The lowest BCUT2D eigenvalue weighted by Crippen LogP contribution is -2.32. The Labute approximate surface area is 159 Å². The van der Waals surface area contributed by atoms with Gasteiger partial charge in [0.1, 0.15) is 4.88 Å². The molecule has 1 heterocycles. The Morgan fingerprint density at radius 1 is 1.28 bits per heavy atom. The third-order valence-corrected chi connectivity index (χ3v) is 6.15. The lowest BCUT2D eigenvalue weighted by atomic mass is 9.99. The average molecular weight is 422 g/mol.